The normalized spacial score (nSPS) is 15.3. The molecule has 0 aliphatic carbocycles. The zero-order valence-electron chi connectivity index (χ0n) is 19.4. The highest BCUT2D eigenvalue weighted by Gasteiger charge is 2.21. The number of likely N-dealkylation sites (tertiary alicyclic amines) is 1. The van der Waals surface area contributed by atoms with Crippen molar-refractivity contribution in [2.75, 3.05) is 31.6 Å². The van der Waals surface area contributed by atoms with E-state index in [4.69, 9.17) is 9.97 Å². The summed E-state index contributed by atoms with van der Waals surface area (Å²) < 4.78 is 3.08. The molecule has 1 aromatic carbocycles. The molecule has 9 nitrogen and oxygen atoms in total. The largest absolute Gasteiger partial charge is 0.395 e. The molecule has 0 atom stereocenters. The number of aliphatic hydroxyl groups excluding tert-OH is 1. The van der Waals surface area contributed by atoms with Gasteiger partial charge in [0.05, 0.1) is 28.5 Å². The van der Waals surface area contributed by atoms with Crippen LogP contribution in [-0.2, 0) is 13.1 Å². The maximum atomic E-state index is 9.40. The highest BCUT2D eigenvalue weighted by Crippen LogP contribution is 2.34. The van der Waals surface area contributed by atoms with Gasteiger partial charge in [-0.15, -0.1) is 11.3 Å². The molecule has 0 unspecified atom stereocenters. The Morgan fingerprint density at radius 3 is 2.91 bits per heavy atom. The second kappa shape index (κ2) is 9.73. The van der Waals surface area contributed by atoms with Crippen LogP contribution < -0.4 is 5.32 Å². The van der Waals surface area contributed by atoms with Gasteiger partial charge in [-0.05, 0) is 50.0 Å². The number of aromatic amines is 1. The van der Waals surface area contributed by atoms with Gasteiger partial charge in [0.1, 0.15) is 5.82 Å². The first-order valence-electron chi connectivity index (χ1n) is 12.0. The predicted octanol–water partition coefficient (Wildman–Crippen LogP) is 3.75. The third kappa shape index (κ3) is 4.64. The van der Waals surface area contributed by atoms with E-state index >= 15 is 0 Å². The van der Waals surface area contributed by atoms with Crippen molar-refractivity contribution in [3.63, 3.8) is 0 Å². The van der Waals surface area contributed by atoms with Gasteiger partial charge < -0.3 is 10.4 Å². The maximum Gasteiger partial charge on any atom is 0.162 e. The molecule has 10 heteroatoms. The van der Waals surface area contributed by atoms with Gasteiger partial charge in [0.2, 0.25) is 0 Å². The molecule has 0 spiro atoms. The molecule has 1 saturated heterocycles. The number of aromatic nitrogens is 6. The van der Waals surface area contributed by atoms with Gasteiger partial charge in [-0.1, -0.05) is 12.1 Å². The Balaban J connectivity index is 1.24. The summed E-state index contributed by atoms with van der Waals surface area (Å²) in [6.45, 7) is 4.60. The Kier molecular flexibility index (Phi) is 6.15. The summed E-state index contributed by atoms with van der Waals surface area (Å²) in [6.07, 6.45) is 8.09. The summed E-state index contributed by atoms with van der Waals surface area (Å²) in [6, 6.07) is 10.2. The first-order valence-corrected chi connectivity index (χ1v) is 12.9. The van der Waals surface area contributed by atoms with Gasteiger partial charge in [0.15, 0.2) is 5.82 Å². The average molecular weight is 489 g/mol. The Labute approximate surface area is 206 Å². The van der Waals surface area contributed by atoms with Crippen molar-refractivity contribution >= 4 is 38.3 Å². The number of rotatable bonds is 8. The molecule has 35 heavy (non-hydrogen) atoms. The van der Waals surface area contributed by atoms with E-state index in [1.165, 1.54) is 17.7 Å². The molecular formula is C25H28N8OS. The fraction of sp³-hybridized carbons (Fsp3) is 0.360. The Hall–Kier alpha value is -3.34. The van der Waals surface area contributed by atoms with Crippen molar-refractivity contribution in [3.8, 4) is 11.4 Å². The van der Waals surface area contributed by atoms with Crippen LogP contribution in [0, 0.1) is 5.92 Å². The average Bonchev–Trinajstić information content (AvgIpc) is 3.64. The lowest BCUT2D eigenvalue weighted by molar-refractivity contribution is 0.166. The van der Waals surface area contributed by atoms with Gasteiger partial charge >= 0.3 is 0 Å². The standard InChI is InChI=1S/C25H28N8OS/c34-12-8-26-25-23-22(29-24(30-25)19-3-1-4-21-20(19)14-27-31-21)13-18(35-23)16-32-10-5-17(6-11-32)15-33-9-2-7-28-33/h1-4,7,9,13-14,17,34H,5-6,8,10-12,15-16H2,(H,27,31)(H,26,29,30). The summed E-state index contributed by atoms with van der Waals surface area (Å²) in [7, 11) is 0. The number of piperidine rings is 1. The number of H-pyrrole nitrogens is 1. The SMILES string of the molecule is OCCNc1nc(-c2cccc3[nH]ncc23)nc2cc(CN3CCC(Cn4cccn4)CC3)sc12. The van der Waals surface area contributed by atoms with E-state index < -0.39 is 0 Å². The molecule has 0 bridgehead atoms. The molecule has 180 valence electrons. The molecule has 6 rings (SSSR count). The second-order valence-corrected chi connectivity index (χ2v) is 10.2. The molecule has 5 aromatic rings. The van der Waals surface area contributed by atoms with E-state index in [1.54, 1.807) is 11.3 Å². The van der Waals surface area contributed by atoms with Crippen molar-refractivity contribution < 1.29 is 5.11 Å². The summed E-state index contributed by atoms with van der Waals surface area (Å²) in [5.74, 6) is 2.12. The van der Waals surface area contributed by atoms with E-state index in [9.17, 15) is 5.11 Å². The van der Waals surface area contributed by atoms with Gasteiger partial charge in [0.25, 0.3) is 0 Å². The van der Waals surface area contributed by atoms with E-state index in [-0.39, 0.29) is 6.61 Å². The van der Waals surface area contributed by atoms with Crippen molar-refractivity contribution in [2.24, 2.45) is 5.92 Å². The fourth-order valence-electron chi connectivity index (χ4n) is 4.86. The second-order valence-electron chi connectivity index (χ2n) is 9.06. The number of anilines is 1. The smallest absolute Gasteiger partial charge is 0.162 e. The van der Waals surface area contributed by atoms with E-state index in [0.717, 1.165) is 58.7 Å². The minimum atomic E-state index is 0.0455. The maximum absolute atomic E-state index is 9.40. The molecule has 3 N–H and O–H groups in total. The Bertz CT molecular complexity index is 1420. The molecular weight excluding hydrogens is 460 g/mol. The highest BCUT2D eigenvalue weighted by molar-refractivity contribution is 7.19. The van der Waals surface area contributed by atoms with Crippen molar-refractivity contribution in [3.05, 3.63) is 53.8 Å². The summed E-state index contributed by atoms with van der Waals surface area (Å²) >= 11 is 1.74. The lowest BCUT2D eigenvalue weighted by atomic mass is 9.97. The fourth-order valence-corrected chi connectivity index (χ4v) is 5.96. The van der Waals surface area contributed by atoms with Gasteiger partial charge in [0, 0.05) is 47.9 Å². The zero-order chi connectivity index (χ0) is 23.6. The zero-order valence-corrected chi connectivity index (χ0v) is 20.2. The number of thiophene rings is 1. The van der Waals surface area contributed by atoms with E-state index in [2.05, 4.69) is 31.6 Å². The molecule has 0 amide bonds. The van der Waals surface area contributed by atoms with Crippen LogP contribution in [0.4, 0.5) is 5.82 Å². The monoisotopic (exact) mass is 488 g/mol. The van der Waals surface area contributed by atoms with Gasteiger partial charge in [-0.2, -0.15) is 10.2 Å². The number of nitrogens with zero attached hydrogens (tertiary/aromatic N) is 6. The van der Waals surface area contributed by atoms with Gasteiger partial charge in [-0.25, -0.2) is 9.97 Å². The Morgan fingerprint density at radius 2 is 2.09 bits per heavy atom. The first-order chi connectivity index (χ1) is 17.3. The van der Waals surface area contributed by atoms with Crippen LogP contribution in [0.1, 0.15) is 17.7 Å². The third-order valence-corrected chi connectivity index (χ3v) is 7.76. The van der Waals surface area contributed by atoms with Gasteiger partial charge in [-0.3, -0.25) is 14.7 Å². The topological polar surface area (TPSA) is 108 Å². The number of aliphatic hydroxyl groups is 1. The lowest BCUT2D eigenvalue weighted by Crippen LogP contribution is -2.34. The summed E-state index contributed by atoms with van der Waals surface area (Å²) in [5.41, 5.74) is 2.83. The molecule has 1 aliphatic heterocycles. The molecule has 4 aromatic heterocycles. The minimum Gasteiger partial charge on any atom is -0.395 e. The van der Waals surface area contributed by atoms with E-state index in [1.807, 2.05) is 47.5 Å². The number of nitrogens with one attached hydrogen (secondary N) is 2. The van der Waals surface area contributed by atoms with Crippen LogP contribution in [0.3, 0.4) is 0 Å². The van der Waals surface area contributed by atoms with Crippen molar-refractivity contribution in [1.29, 1.82) is 0 Å². The molecule has 1 aliphatic rings. The molecule has 0 saturated carbocycles. The quantitative estimate of drug-likeness (QED) is 0.305. The molecule has 0 radical (unpaired) electrons. The van der Waals surface area contributed by atoms with Crippen LogP contribution >= 0.6 is 11.3 Å². The Morgan fingerprint density at radius 1 is 1.17 bits per heavy atom. The third-order valence-electron chi connectivity index (χ3n) is 6.64. The molecule has 1 fully saturated rings. The van der Waals surface area contributed by atoms with E-state index in [0.29, 0.717) is 18.3 Å². The number of fused-ring (bicyclic) bond motifs is 2. The highest BCUT2D eigenvalue weighted by atomic mass is 32.1. The van der Waals surface area contributed by atoms with Crippen molar-refractivity contribution in [1.82, 2.24) is 34.8 Å². The van der Waals surface area contributed by atoms with Crippen LogP contribution in [0.2, 0.25) is 0 Å². The van der Waals surface area contributed by atoms with Crippen molar-refractivity contribution in [2.45, 2.75) is 25.9 Å². The minimum absolute atomic E-state index is 0.0455. The lowest BCUT2D eigenvalue weighted by Gasteiger charge is -2.31. The van der Waals surface area contributed by atoms with Crippen LogP contribution in [-0.4, -0.2) is 66.2 Å². The number of benzene rings is 1. The summed E-state index contributed by atoms with van der Waals surface area (Å²) in [4.78, 5) is 13.6. The van der Waals surface area contributed by atoms with Crippen LogP contribution in [0.15, 0.2) is 48.9 Å². The molecule has 5 heterocycles. The summed E-state index contributed by atoms with van der Waals surface area (Å²) in [5, 5.41) is 25.2. The number of hydrogen-bond donors (Lipinski definition) is 3. The number of hydrogen-bond acceptors (Lipinski definition) is 8. The van der Waals surface area contributed by atoms with Crippen LogP contribution in [0.25, 0.3) is 32.5 Å². The van der Waals surface area contributed by atoms with Crippen LogP contribution in [0.5, 0.6) is 0 Å². The predicted molar refractivity (Wildman–Crippen MR) is 138 cm³/mol. The first kappa shape index (κ1) is 22.1.